The van der Waals surface area contributed by atoms with E-state index < -0.39 is 0 Å². The van der Waals surface area contributed by atoms with Gasteiger partial charge in [0.2, 0.25) is 0 Å². The highest BCUT2D eigenvalue weighted by Gasteiger charge is 2.20. The molecule has 0 spiro atoms. The molecule has 8 nitrogen and oxygen atoms in total. The largest absolute Gasteiger partial charge is 0.497 e. The minimum Gasteiger partial charge on any atom is -0.497 e. The summed E-state index contributed by atoms with van der Waals surface area (Å²) >= 11 is 0. The van der Waals surface area contributed by atoms with Crippen LogP contribution in [0.25, 0.3) is 0 Å². The maximum atomic E-state index is 5.41. The quantitative estimate of drug-likeness (QED) is 0.262. The molecule has 2 aromatic heterocycles. The predicted octanol–water partition coefficient (Wildman–Crippen LogP) is 2.83. The van der Waals surface area contributed by atoms with Crippen molar-refractivity contribution in [1.82, 2.24) is 25.4 Å². The molecule has 3 aromatic rings. The number of aliphatic imine (C=N–C) groups is 1. The lowest BCUT2D eigenvalue weighted by atomic mass is 10.1. The van der Waals surface area contributed by atoms with Crippen molar-refractivity contribution in [3.05, 3.63) is 66.1 Å². The molecule has 0 aliphatic carbocycles. The number of nitrogens with one attached hydrogen (secondary N) is 2. The third kappa shape index (κ3) is 6.71. The van der Waals surface area contributed by atoms with Crippen LogP contribution < -0.4 is 15.4 Å². The molecule has 1 aliphatic rings. The Hall–Kier alpha value is -2.56. The summed E-state index contributed by atoms with van der Waals surface area (Å²) in [6, 6.07) is 12.3. The molecule has 1 unspecified atom stereocenters. The first kappa shape index (κ1) is 23.1. The topological polar surface area (TPSA) is 89.5 Å². The lowest BCUT2D eigenvalue weighted by molar-refractivity contribution is 0.392. The number of methoxy groups -OCH3 is 1. The monoisotopic (exact) mass is 536 g/mol. The van der Waals surface area contributed by atoms with Gasteiger partial charge in [0.05, 0.1) is 19.9 Å². The first-order chi connectivity index (χ1) is 14.8. The van der Waals surface area contributed by atoms with E-state index in [0.29, 0.717) is 6.54 Å². The van der Waals surface area contributed by atoms with E-state index in [1.165, 1.54) is 5.56 Å². The number of fused-ring (bicyclic) bond motifs is 1. The van der Waals surface area contributed by atoms with Gasteiger partial charge >= 0.3 is 0 Å². The van der Waals surface area contributed by atoms with Crippen molar-refractivity contribution in [2.75, 3.05) is 20.2 Å². The number of furan rings is 1. The molecule has 0 bridgehead atoms. The standard InChI is InChI=1S/C22H28N6O2.HI/c1-29-19-7-4-17(5-8-19)10-12-23-22(24-13-11-20-3-2-14-30-20)27-18-6-9-21-25-16-26-28(21)15-18;/h2-5,7-8,14,16,18H,6,9-13,15H2,1H3,(H2,23,24,27);1H. The Kier molecular flexibility index (Phi) is 8.74. The highest BCUT2D eigenvalue weighted by Crippen LogP contribution is 2.12. The number of benzene rings is 1. The van der Waals surface area contributed by atoms with Gasteiger partial charge in [-0.2, -0.15) is 5.10 Å². The van der Waals surface area contributed by atoms with Crippen molar-refractivity contribution in [3.63, 3.8) is 0 Å². The Morgan fingerprint density at radius 2 is 2.13 bits per heavy atom. The van der Waals surface area contributed by atoms with Crippen molar-refractivity contribution in [3.8, 4) is 5.75 Å². The van der Waals surface area contributed by atoms with Gasteiger partial charge < -0.3 is 19.8 Å². The first-order valence-electron chi connectivity index (χ1n) is 10.4. The van der Waals surface area contributed by atoms with Crippen molar-refractivity contribution in [2.24, 2.45) is 4.99 Å². The van der Waals surface area contributed by atoms with Crippen LogP contribution in [0.1, 0.15) is 23.6 Å². The molecule has 1 aliphatic heterocycles. The molecule has 0 fully saturated rings. The van der Waals surface area contributed by atoms with Crippen LogP contribution in [0.2, 0.25) is 0 Å². The van der Waals surface area contributed by atoms with Crippen LogP contribution >= 0.6 is 24.0 Å². The van der Waals surface area contributed by atoms with Crippen molar-refractivity contribution < 1.29 is 9.15 Å². The van der Waals surface area contributed by atoms with Gasteiger partial charge in [-0.15, -0.1) is 24.0 Å². The van der Waals surface area contributed by atoms with E-state index in [2.05, 4.69) is 32.8 Å². The van der Waals surface area contributed by atoms with E-state index in [0.717, 1.165) is 62.1 Å². The van der Waals surface area contributed by atoms with Crippen LogP contribution in [0.4, 0.5) is 0 Å². The maximum Gasteiger partial charge on any atom is 0.191 e. The highest BCUT2D eigenvalue weighted by molar-refractivity contribution is 14.0. The number of ether oxygens (including phenoxy) is 1. The van der Waals surface area contributed by atoms with E-state index in [-0.39, 0.29) is 30.0 Å². The summed E-state index contributed by atoms with van der Waals surface area (Å²) in [5.41, 5.74) is 1.25. The molecule has 0 saturated carbocycles. The van der Waals surface area contributed by atoms with Crippen LogP contribution in [0.15, 0.2) is 58.4 Å². The second-order valence-electron chi connectivity index (χ2n) is 7.32. The average molecular weight is 536 g/mol. The molecular formula is C22H29IN6O2. The summed E-state index contributed by atoms with van der Waals surface area (Å²) in [4.78, 5) is 9.07. The van der Waals surface area contributed by atoms with Crippen molar-refractivity contribution in [1.29, 1.82) is 0 Å². The van der Waals surface area contributed by atoms with E-state index in [1.54, 1.807) is 19.7 Å². The number of hydrogen-bond donors (Lipinski definition) is 2. The fourth-order valence-corrected chi connectivity index (χ4v) is 3.55. The minimum atomic E-state index is 0. The summed E-state index contributed by atoms with van der Waals surface area (Å²) in [6.45, 7) is 2.25. The second-order valence-corrected chi connectivity index (χ2v) is 7.32. The molecule has 166 valence electrons. The van der Waals surface area contributed by atoms with Crippen LogP contribution in [0.5, 0.6) is 5.75 Å². The first-order valence-corrected chi connectivity index (χ1v) is 10.4. The Bertz CT molecular complexity index is 939. The zero-order chi connectivity index (χ0) is 20.6. The molecule has 1 aromatic carbocycles. The van der Waals surface area contributed by atoms with Crippen LogP contribution in [-0.2, 0) is 25.8 Å². The number of aryl methyl sites for hydroxylation is 1. The Balaban J connectivity index is 0.00000272. The number of aromatic nitrogens is 3. The van der Waals surface area contributed by atoms with E-state index in [4.69, 9.17) is 14.1 Å². The van der Waals surface area contributed by atoms with Crippen molar-refractivity contribution >= 4 is 29.9 Å². The summed E-state index contributed by atoms with van der Waals surface area (Å²) in [5.74, 6) is 3.69. The number of guanidine groups is 1. The molecule has 9 heteroatoms. The number of hydrogen-bond acceptors (Lipinski definition) is 5. The van der Waals surface area contributed by atoms with Gasteiger partial charge in [0.25, 0.3) is 0 Å². The fraction of sp³-hybridized carbons (Fsp3) is 0.409. The second kappa shape index (κ2) is 11.7. The summed E-state index contributed by atoms with van der Waals surface area (Å²) in [6.07, 6.45) is 6.93. The van der Waals surface area contributed by atoms with Gasteiger partial charge in [-0.25, -0.2) is 9.67 Å². The zero-order valence-electron chi connectivity index (χ0n) is 17.7. The molecule has 31 heavy (non-hydrogen) atoms. The molecule has 3 heterocycles. The Labute approximate surface area is 199 Å². The summed E-state index contributed by atoms with van der Waals surface area (Å²) in [5, 5.41) is 11.4. The molecule has 4 rings (SSSR count). The SMILES string of the molecule is COc1ccc(CCNC(=NCCc2ccco2)NC2CCc3ncnn3C2)cc1.I. The van der Waals surface area contributed by atoms with Gasteiger partial charge in [0.15, 0.2) is 5.96 Å². The molecule has 0 radical (unpaired) electrons. The minimum absolute atomic E-state index is 0. The lowest BCUT2D eigenvalue weighted by Gasteiger charge is -2.25. The van der Waals surface area contributed by atoms with Gasteiger partial charge in [0.1, 0.15) is 23.7 Å². The predicted molar refractivity (Wildman–Crippen MR) is 130 cm³/mol. The maximum absolute atomic E-state index is 5.41. The third-order valence-corrected chi connectivity index (χ3v) is 5.22. The normalized spacial score (nSPS) is 15.6. The van der Waals surface area contributed by atoms with Gasteiger partial charge in [-0.3, -0.25) is 4.99 Å². The average Bonchev–Trinajstić information content (AvgIpc) is 3.45. The molecule has 0 saturated heterocycles. The van der Waals surface area contributed by atoms with Crippen LogP contribution in [0, 0.1) is 0 Å². The van der Waals surface area contributed by atoms with E-state index in [9.17, 15) is 0 Å². The summed E-state index contributed by atoms with van der Waals surface area (Å²) in [7, 11) is 1.68. The Morgan fingerprint density at radius 1 is 1.26 bits per heavy atom. The lowest BCUT2D eigenvalue weighted by Crippen LogP contribution is -2.47. The van der Waals surface area contributed by atoms with E-state index >= 15 is 0 Å². The van der Waals surface area contributed by atoms with Gasteiger partial charge in [0, 0.05) is 32.0 Å². The third-order valence-electron chi connectivity index (χ3n) is 5.22. The number of halogens is 1. The van der Waals surface area contributed by atoms with Crippen LogP contribution in [0.3, 0.4) is 0 Å². The molecule has 1 atom stereocenters. The van der Waals surface area contributed by atoms with E-state index in [1.807, 2.05) is 28.9 Å². The fourth-order valence-electron chi connectivity index (χ4n) is 3.55. The smallest absolute Gasteiger partial charge is 0.191 e. The Morgan fingerprint density at radius 3 is 2.90 bits per heavy atom. The van der Waals surface area contributed by atoms with Crippen molar-refractivity contribution in [2.45, 2.75) is 38.3 Å². The highest BCUT2D eigenvalue weighted by atomic mass is 127. The number of rotatable bonds is 8. The van der Waals surface area contributed by atoms with Crippen LogP contribution in [-0.4, -0.2) is 47.0 Å². The van der Waals surface area contributed by atoms with Gasteiger partial charge in [-0.05, 0) is 42.7 Å². The number of nitrogens with zero attached hydrogens (tertiary/aromatic N) is 4. The molecule has 2 N–H and O–H groups in total. The molecule has 0 amide bonds. The summed E-state index contributed by atoms with van der Waals surface area (Å²) < 4.78 is 12.6. The molecular weight excluding hydrogens is 507 g/mol. The zero-order valence-corrected chi connectivity index (χ0v) is 20.0. The van der Waals surface area contributed by atoms with Gasteiger partial charge in [-0.1, -0.05) is 12.1 Å².